The normalized spacial score (nSPS) is 11.5. The van der Waals surface area contributed by atoms with Crippen LogP contribution in [0.3, 0.4) is 0 Å². The van der Waals surface area contributed by atoms with Crippen LogP contribution in [0.2, 0.25) is 0 Å². The Hall–Kier alpha value is -2.40. The molecule has 4 nitrogen and oxygen atoms in total. The number of thiophene rings is 1. The fourth-order valence-corrected chi connectivity index (χ4v) is 4.28. The van der Waals surface area contributed by atoms with Crippen molar-refractivity contribution >= 4 is 38.3 Å². The summed E-state index contributed by atoms with van der Waals surface area (Å²) in [5.74, 6) is 1.88. The molecule has 0 bridgehead atoms. The smallest absolute Gasteiger partial charge is 0.138 e. The minimum atomic E-state index is 0.850. The first-order valence-corrected chi connectivity index (χ1v) is 9.54. The lowest BCUT2D eigenvalue weighted by Gasteiger charge is -2.09. The van der Waals surface area contributed by atoms with Gasteiger partial charge in [0.25, 0.3) is 0 Å². The van der Waals surface area contributed by atoms with E-state index in [-0.39, 0.29) is 0 Å². The molecule has 1 aromatic carbocycles. The predicted molar refractivity (Wildman–Crippen MR) is 107 cm³/mol. The van der Waals surface area contributed by atoms with Gasteiger partial charge in [0.1, 0.15) is 16.5 Å². The first-order chi connectivity index (χ1) is 12.2. The number of para-hydroxylation sites is 1. The van der Waals surface area contributed by atoms with Crippen LogP contribution >= 0.6 is 11.3 Å². The molecule has 0 saturated carbocycles. The highest BCUT2D eigenvalue weighted by molar-refractivity contribution is 7.18. The monoisotopic (exact) mass is 350 g/mol. The molecule has 0 amide bonds. The number of aryl methyl sites for hydroxylation is 3. The number of benzene rings is 1. The highest BCUT2D eigenvalue weighted by Crippen LogP contribution is 2.33. The van der Waals surface area contributed by atoms with Crippen LogP contribution < -0.4 is 5.32 Å². The van der Waals surface area contributed by atoms with Gasteiger partial charge < -0.3 is 10.3 Å². The molecule has 0 atom stereocenters. The predicted octanol–water partition coefficient (Wildman–Crippen LogP) is 5.01. The number of fused-ring (bicyclic) bond motifs is 2. The van der Waals surface area contributed by atoms with Gasteiger partial charge in [0.15, 0.2) is 0 Å². The van der Waals surface area contributed by atoms with Crippen LogP contribution in [0.15, 0.2) is 30.5 Å². The molecule has 0 aliphatic heterocycles. The molecule has 0 radical (unpaired) electrons. The maximum absolute atomic E-state index is 4.75. The van der Waals surface area contributed by atoms with Gasteiger partial charge in [0.2, 0.25) is 0 Å². The highest BCUT2D eigenvalue weighted by Gasteiger charge is 2.14. The van der Waals surface area contributed by atoms with Crippen molar-refractivity contribution in [2.45, 2.75) is 33.6 Å². The van der Waals surface area contributed by atoms with Gasteiger partial charge in [0.05, 0.1) is 5.39 Å². The van der Waals surface area contributed by atoms with Crippen LogP contribution in [0.5, 0.6) is 0 Å². The summed E-state index contributed by atoms with van der Waals surface area (Å²) in [4.78, 5) is 15.2. The van der Waals surface area contributed by atoms with Crippen LogP contribution in [-0.4, -0.2) is 21.5 Å². The summed E-state index contributed by atoms with van der Waals surface area (Å²) in [5.41, 5.74) is 3.82. The Morgan fingerprint density at radius 2 is 2.00 bits per heavy atom. The fraction of sp³-hybridized carbons (Fsp3) is 0.300. The third-order valence-electron chi connectivity index (χ3n) is 4.75. The van der Waals surface area contributed by atoms with Crippen LogP contribution in [0, 0.1) is 13.8 Å². The average Bonchev–Trinajstić information content (AvgIpc) is 3.16. The molecule has 3 aromatic heterocycles. The number of aromatic nitrogens is 3. The van der Waals surface area contributed by atoms with E-state index in [1.165, 1.54) is 32.3 Å². The maximum atomic E-state index is 4.75. The van der Waals surface area contributed by atoms with E-state index in [0.29, 0.717) is 0 Å². The molecule has 4 rings (SSSR count). The van der Waals surface area contributed by atoms with Crippen molar-refractivity contribution in [1.82, 2.24) is 15.0 Å². The number of anilines is 1. The number of nitrogens with zero attached hydrogens (tertiary/aromatic N) is 2. The second-order valence-electron chi connectivity index (χ2n) is 6.34. The largest absolute Gasteiger partial charge is 0.369 e. The molecule has 0 unspecified atom stereocenters. The summed E-state index contributed by atoms with van der Waals surface area (Å²) < 4.78 is 0. The van der Waals surface area contributed by atoms with Gasteiger partial charge in [-0.1, -0.05) is 25.1 Å². The zero-order chi connectivity index (χ0) is 17.4. The van der Waals surface area contributed by atoms with Crippen LogP contribution in [0.4, 0.5) is 5.82 Å². The van der Waals surface area contributed by atoms with Gasteiger partial charge in [0, 0.05) is 34.9 Å². The van der Waals surface area contributed by atoms with Crippen molar-refractivity contribution in [1.29, 1.82) is 0 Å². The molecule has 0 spiro atoms. The highest BCUT2D eigenvalue weighted by atomic mass is 32.1. The van der Waals surface area contributed by atoms with E-state index >= 15 is 0 Å². The lowest BCUT2D eigenvalue weighted by molar-refractivity contribution is 0.947. The van der Waals surface area contributed by atoms with Crippen LogP contribution in [0.1, 0.15) is 28.8 Å². The maximum Gasteiger partial charge on any atom is 0.138 e. The van der Waals surface area contributed by atoms with Crippen molar-refractivity contribution < 1.29 is 0 Å². The van der Waals surface area contributed by atoms with E-state index in [1.54, 1.807) is 11.3 Å². The molecular weight excluding hydrogens is 328 g/mol. The van der Waals surface area contributed by atoms with E-state index in [4.69, 9.17) is 9.97 Å². The number of nitrogens with one attached hydrogen (secondary N) is 2. The molecule has 128 valence electrons. The minimum absolute atomic E-state index is 0.850. The van der Waals surface area contributed by atoms with Gasteiger partial charge in [-0.15, -0.1) is 11.3 Å². The minimum Gasteiger partial charge on any atom is -0.369 e. The first kappa shape index (κ1) is 16.1. The molecule has 0 aliphatic rings. The molecule has 5 heteroatoms. The second-order valence-corrected chi connectivity index (χ2v) is 7.54. The van der Waals surface area contributed by atoms with E-state index < -0.39 is 0 Å². The van der Waals surface area contributed by atoms with Gasteiger partial charge in [-0.25, -0.2) is 9.97 Å². The molecule has 25 heavy (non-hydrogen) atoms. The van der Waals surface area contributed by atoms with Crippen molar-refractivity contribution in [3.8, 4) is 0 Å². The van der Waals surface area contributed by atoms with Crippen molar-refractivity contribution in [3.05, 3.63) is 52.3 Å². The summed E-state index contributed by atoms with van der Waals surface area (Å²) in [7, 11) is 0. The fourth-order valence-electron chi connectivity index (χ4n) is 3.23. The number of H-pyrrole nitrogens is 1. The van der Waals surface area contributed by atoms with Crippen molar-refractivity contribution in [2.75, 3.05) is 11.9 Å². The number of hydrogen-bond acceptors (Lipinski definition) is 4. The van der Waals surface area contributed by atoms with Crippen molar-refractivity contribution in [2.24, 2.45) is 0 Å². The lowest BCUT2D eigenvalue weighted by atomic mass is 10.1. The molecule has 0 saturated heterocycles. The number of aromatic amines is 1. The number of rotatable bonds is 5. The Balaban J connectivity index is 1.60. The van der Waals surface area contributed by atoms with E-state index in [9.17, 15) is 0 Å². The van der Waals surface area contributed by atoms with Crippen molar-refractivity contribution in [3.63, 3.8) is 0 Å². The molecule has 4 aromatic rings. The Morgan fingerprint density at radius 1 is 1.16 bits per heavy atom. The summed E-state index contributed by atoms with van der Waals surface area (Å²) in [6.45, 7) is 7.27. The van der Waals surface area contributed by atoms with E-state index in [0.717, 1.165) is 35.9 Å². The lowest BCUT2D eigenvalue weighted by Crippen LogP contribution is -2.08. The Kier molecular flexibility index (Phi) is 4.17. The third kappa shape index (κ3) is 2.89. The number of hydrogen-bond donors (Lipinski definition) is 2. The summed E-state index contributed by atoms with van der Waals surface area (Å²) >= 11 is 1.76. The average molecular weight is 350 g/mol. The first-order valence-electron chi connectivity index (χ1n) is 8.73. The molecule has 0 aliphatic carbocycles. The third-order valence-corrected chi connectivity index (χ3v) is 5.85. The zero-order valence-corrected chi connectivity index (χ0v) is 15.6. The molecule has 2 N–H and O–H groups in total. The van der Waals surface area contributed by atoms with Gasteiger partial charge in [-0.3, -0.25) is 0 Å². The van der Waals surface area contributed by atoms with Crippen LogP contribution in [0.25, 0.3) is 21.1 Å². The van der Waals surface area contributed by atoms with Gasteiger partial charge in [-0.05, 0) is 37.5 Å². The van der Waals surface area contributed by atoms with Gasteiger partial charge >= 0.3 is 0 Å². The van der Waals surface area contributed by atoms with Crippen LogP contribution in [-0.2, 0) is 12.8 Å². The topological polar surface area (TPSA) is 53.6 Å². The second kappa shape index (κ2) is 6.48. The van der Waals surface area contributed by atoms with E-state index in [2.05, 4.69) is 61.5 Å². The van der Waals surface area contributed by atoms with Gasteiger partial charge in [-0.2, -0.15) is 0 Å². The SMILES string of the molecule is CCc1nc(NCCc2c[nH]c3ccccc23)c2c(C)c(C)sc2n1. The standard InChI is InChI=1S/C20H22N4S/c1-4-17-23-19(18-12(2)13(3)25-20(18)24-17)21-10-9-14-11-22-16-8-6-5-7-15(14)16/h5-8,11,22H,4,9-10H2,1-3H3,(H,21,23,24). The summed E-state index contributed by atoms with van der Waals surface area (Å²) in [6.07, 6.45) is 3.92. The zero-order valence-electron chi connectivity index (χ0n) is 14.8. The summed E-state index contributed by atoms with van der Waals surface area (Å²) in [6, 6.07) is 8.44. The Morgan fingerprint density at radius 3 is 2.84 bits per heavy atom. The Bertz CT molecular complexity index is 1040. The molecule has 3 heterocycles. The quantitative estimate of drug-likeness (QED) is 0.532. The Labute approximate surface area is 151 Å². The summed E-state index contributed by atoms with van der Waals surface area (Å²) in [5, 5.41) is 6.04. The molecule has 0 fully saturated rings. The van der Waals surface area contributed by atoms with E-state index in [1.807, 2.05) is 0 Å². The molecular formula is C20H22N4S.